The maximum absolute atomic E-state index is 4.11. The second-order valence-corrected chi connectivity index (χ2v) is 5.44. The topological polar surface area (TPSA) is 87.2 Å². The highest BCUT2D eigenvalue weighted by Gasteiger charge is 2.19. The van der Waals surface area contributed by atoms with Crippen LogP contribution >= 0.6 is 11.8 Å². The van der Waals surface area contributed by atoms with E-state index in [2.05, 4.69) is 31.1 Å². The van der Waals surface area contributed by atoms with Crippen LogP contribution in [-0.2, 0) is 7.05 Å². The number of nitrogens with zero attached hydrogens (tertiary/aromatic N) is 8. The van der Waals surface area contributed by atoms with Crippen molar-refractivity contribution in [3.63, 3.8) is 0 Å². The highest BCUT2D eigenvalue weighted by molar-refractivity contribution is 7.99. The summed E-state index contributed by atoms with van der Waals surface area (Å²) in [6, 6.07) is 9.77. The SMILES string of the molecule is C[C@H](Sc1nnnn1C)c1nnnn1-c1ccccc1. The molecule has 0 fully saturated rings. The van der Waals surface area contributed by atoms with E-state index in [1.54, 1.807) is 16.4 Å². The molecule has 0 saturated heterocycles. The Balaban J connectivity index is 1.88. The van der Waals surface area contributed by atoms with E-state index in [0.717, 1.165) is 16.7 Å². The third-order valence-corrected chi connectivity index (χ3v) is 3.84. The number of thioether (sulfide) groups is 1. The van der Waals surface area contributed by atoms with Crippen molar-refractivity contribution < 1.29 is 0 Å². The lowest BCUT2D eigenvalue weighted by Crippen LogP contribution is -2.05. The molecule has 0 aliphatic carbocycles. The van der Waals surface area contributed by atoms with Gasteiger partial charge in [-0.3, -0.25) is 0 Å². The van der Waals surface area contributed by atoms with Gasteiger partial charge >= 0.3 is 0 Å². The number of benzene rings is 1. The van der Waals surface area contributed by atoms with Crippen molar-refractivity contribution in [2.75, 3.05) is 0 Å². The van der Waals surface area contributed by atoms with Crippen LogP contribution in [0.5, 0.6) is 0 Å². The molecule has 0 radical (unpaired) electrons. The minimum atomic E-state index is 0.0231. The van der Waals surface area contributed by atoms with Crippen molar-refractivity contribution in [3.05, 3.63) is 36.2 Å². The van der Waals surface area contributed by atoms with E-state index >= 15 is 0 Å². The highest BCUT2D eigenvalue weighted by atomic mass is 32.2. The van der Waals surface area contributed by atoms with Gasteiger partial charge in [0, 0.05) is 7.05 Å². The molecule has 0 bridgehead atoms. The summed E-state index contributed by atoms with van der Waals surface area (Å²) in [5.74, 6) is 0.754. The Morgan fingerprint density at radius 1 is 1.05 bits per heavy atom. The van der Waals surface area contributed by atoms with Crippen LogP contribution in [0.4, 0.5) is 0 Å². The molecule has 0 spiro atoms. The van der Waals surface area contributed by atoms with Crippen molar-refractivity contribution in [1.82, 2.24) is 40.4 Å². The molecular formula is C11H12N8S. The predicted octanol–water partition coefficient (Wildman–Crippen LogP) is 1.04. The van der Waals surface area contributed by atoms with E-state index in [1.165, 1.54) is 11.8 Å². The molecule has 8 nitrogen and oxygen atoms in total. The summed E-state index contributed by atoms with van der Waals surface area (Å²) in [6.07, 6.45) is 0. The molecule has 0 saturated carbocycles. The number of para-hydroxylation sites is 1. The second kappa shape index (κ2) is 5.37. The van der Waals surface area contributed by atoms with E-state index in [-0.39, 0.29) is 5.25 Å². The van der Waals surface area contributed by atoms with Crippen LogP contribution in [0.15, 0.2) is 35.5 Å². The van der Waals surface area contributed by atoms with Gasteiger partial charge in [0.05, 0.1) is 10.9 Å². The molecule has 2 aromatic heterocycles. The molecule has 102 valence electrons. The van der Waals surface area contributed by atoms with Crippen LogP contribution < -0.4 is 0 Å². The van der Waals surface area contributed by atoms with Crippen LogP contribution in [0.25, 0.3) is 5.69 Å². The van der Waals surface area contributed by atoms with Crippen molar-refractivity contribution in [3.8, 4) is 5.69 Å². The molecule has 3 rings (SSSR count). The Labute approximate surface area is 119 Å². The highest BCUT2D eigenvalue weighted by Crippen LogP contribution is 2.32. The monoisotopic (exact) mass is 288 g/mol. The number of aryl methyl sites for hydroxylation is 1. The molecule has 1 atom stereocenters. The van der Waals surface area contributed by atoms with Gasteiger partial charge < -0.3 is 0 Å². The van der Waals surface area contributed by atoms with Crippen molar-refractivity contribution in [2.24, 2.45) is 7.05 Å². The lowest BCUT2D eigenvalue weighted by molar-refractivity contribution is 0.662. The zero-order chi connectivity index (χ0) is 13.9. The van der Waals surface area contributed by atoms with Crippen molar-refractivity contribution in [2.45, 2.75) is 17.3 Å². The van der Waals surface area contributed by atoms with Gasteiger partial charge in [-0.05, 0) is 39.9 Å². The van der Waals surface area contributed by atoms with E-state index in [9.17, 15) is 0 Å². The normalized spacial score (nSPS) is 12.5. The van der Waals surface area contributed by atoms with E-state index < -0.39 is 0 Å². The fourth-order valence-corrected chi connectivity index (χ4v) is 2.57. The molecule has 9 heteroatoms. The Hall–Kier alpha value is -2.29. The predicted molar refractivity (Wildman–Crippen MR) is 72.2 cm³/mol. The average Bonchev–Trinajstić information content (AvgIpc) is 3.09. The smallest absolute Gasteiger partial charge is 0.209 e. The number of rotatable bonds is 4. The minimum absolute atomic E-state index is 0.0231. The fourth-order valence-electron chi connectivity index (χ4n) is 1.73. The fraction of sp³-hybridized carbons (Fsp3) is 0.273. The summed E-state index contributed by atoms with van der Waals surface area (Å²) < 4.78 is 3.35. The molecule has 0 aliphatic heterocycles. The lowest BCUT2D eigenvalue weighted by atomic mass is 10.3. The summed E-state index contributed by atoms with van der Waals surface area (Å²) >= 11 is 1.51. The standard InChI is InChI=1S/C11H12N8S/c1-8(20-11-13-15-16-18(11)2)10-12-14-17-19(10)9-6-4-3-5-7-9/h3-8H,1-2H3/t8-/m0/s1. The third-order valence-electron chi connectivity index (χ3n) is 2.72. The first-order valence-electron chi connectivity index (χ1n) is 5.98. The van der Waals surface area contributed by atoms with E-state index in [1.807, 2.05) is 37.3 Å². The van der Waals surface area contributed by atoms with Crippen LogP contribution in [0.2, 0.25) is 0 Å². The largest absolute Gasteiger partial charge is 0.224 e. The Morgan fingerprint density at radius 2 is 1.80 bits per heavy atom. The third kappa shape index (κ3) is 2.39. The van der Waals surface area contributed by atoms with Gasteiger partial charge in [0.15, 0.2) is 5.82 Å². The first-order valence-corrected chi connectivity index (χ1v) is 6.86. The van der Waals surface area contributed by atoms with Crippen molar-refractivity contribution >= 4 is 11.8 Å². The Kier molecular flexibility index (Phi) is 3.42. The van der Waals surface area contributed by atoms with Gasteiger partial charge in [-0.25, -0.2) is 4.68 Å². The molecule has 0 N–H and O–H groups in total. The molecular weight excluding hydrogens is 276 g/mol. The number of hydrogen-bond donors (Lipinski definition) is 0. The van der Waals surface area contributed by atoms with E-state index in [0.29, 0.717) is 0 Å². The summed E-state index contributed by atoms with van der Waals surface area (Å²) in [4.78, 5) is 0. The quantitative estimate of drug-likeness (QED) is 0.663. The zero-order valence-electron chi connectivity index (χ0n) is 11.0. The van der Waals surface area contributed by atoms with Gasteiger partial charge in [-0.1, -0.05) is 30.0 Å². The van der Waals surface area contributed by atoms with Crippen LogP contribution in [-0.4, -0.2) is 40.4 Å². The number of hydrogen-bond acceptors (Lipinski definition) is 7. The molecule has 0 amide bonds. The van der Waals surface area contributed by atoms with Crippen LogP contribution in [0.1, 0.15) is 18.0 Å². The summed E-state index contributed by atoms with van der Waals surface area (Å²) in [6.45, 7) is 2.02. The Morgan fingerprint density at radius 3 is 2.50 bits per heavy atom. The van der Waals surface area contributed by atoms with Gasteiger partial charge in [-0.2, -0.15) is 4.68 Å². The lowest BCUT2D eigenvalue weighted by Gasteiger charge is -2.09. The summed E-state index contributed by atoms with van der Waals surface area (Å²) in [5.41, 5.74) is 0.927. The van der Waals surface area contributed by atoms with Crippen LogP contribution in [0.3, 0.4) is 0 Å². The second-order valence-electron chi connectivity index (χ2n) is 4.13. The zero-order valence-corrected chi connectivity index (χ0v) is 11.8. The minimum Gasteiger partial charge on any atom is -0.224 e. The molecule has 3 aromatic rings. The van der Waals surface area contributed by atoms with Gasteiger partial charge in [0.2, 0.25) is 5.16 Å². The Bertz CT molecular complexity index is 691. The summed E-state index contributed by atoms with van der Waals surface area (Å²) in [7, 11) is 1.80. The molecule has 0 unspecified atom stereocenters. The van der Waals surface area contributed by atoms with Crippen LogP contribution in [0, 0.1) is 0 Å². The van der Waals surface area contributed by atoms with Gasteiger partial charge in [0.1, 0.15) is 0 Å². The van der Waals surface area contributed by atoms with Gasteiger partial charge in [-0.15, -0.1) is 10.2 Å². The number of aromatic nitrogens is 8. The average molecular weight is 288 g/mol. The molecule has 1 aromatic carbocycles. The molecule has 0 aliphatic rings. The first-order chi connectivity index (χ1) is 9.75. The molecule has 2 heterocycles. The van der Waals surface area contributed by atoms with Crippen molar-refractivity contribution in [1.29, 1.82) is 0 Å². The maximum Gasteiger partial charge on any atom is 0.209 e. The summed E-state index contributed by atoms with van der Waals surface area (Å²) in [5, 5.41) is 24.0. The van der Waals surface area contributed by atoms with E-state index in [4.69, 9.17) is 0 Å². The van der Waals surface area contributed by atoms with Gasteiger partial charge in [0.25, 0.3) is 0 Å². The molecule has 20 heavy (non-hydrogen) atoms. The number of tetrazole rings is 2. The maximum atomic E-state index is 4.11. The first kappa shape index (κ1) is 12.7.